The summed E-state index contributed by atoms with van der Waals surface area (Å²) in [5.41, 5.74) is 0.566. The largest absolute Gasteiger partial charge is 0.497 e. The highest BCUT2D eigenvalue weighted by atomic mass is 79.9. The van der Waals surface area contributed by atoms with E-state index in [1.807, 2.05) is 0 Å². The summed E-state index contributed by atoms with van der Waals surface area (Å²) in [6.07, 6.45) is 0. The molecule has 21 heavy (non-hydrogen) atoms. The molecule has 2 aromatic rings. The quantitative estimate of drug-likeness (QED) is 0.891. The minimum Gasteiger partial charge on any atom is -0.497 e. The first-order valence-electron chi connectivity index (χ1n) is 6.03. The van der Waals surface area contributed by atoms with Gasteiger partial charge >= 0.3 is 0 Å². The maximum absolute atomic E-state index is 13.7. The molecule has 6 heteroatoms. The van der Waals surface area contributed by atoms with Gasteiger partial charge in [0, 0.05) is 10.2 Å². The van der Waals surface area contributed by atoms with E-state index >= 15 is 0 Å². The third-order valence-electron chi connectivity index (χ3n) is 2.92. The second kappa shape index (κ2) is 6.22. The summed E-state index contributed by atoms with van der Waals surface area (Å²) in [7, 11) is 1.53. The third kappa shape index (κ3) is 3.39. The number of aryl methyl sites for hydroxylation is 1. The minimum atomic E-state index is -0.925. The summed E-state index contributed by atoms with van der Waals surface area (Å²) in [6.45, 7) is 1.76. The Bertz CT molecular complexity index is 681. The number of anilines is 1. The lowest BCUT2D eigenvalue weighted by Gasteiger charge is -2.11. The molecule has 0 aliphatic carbocycles. The highest BCUT2D eigenvalue weighted by Gasteiger charge is 2.19. The van der Waals surface area contributed by atoms with Crippen LogP contribution in [0, 0.1) is 18.6 Å². The first-order valence-corrected chi connectivity index (χ1v) is 6.82. The molecule has 0 saturated heterocycles. The molecule has 110 valence electrons. The molecule has 0 bridgehead atoms. The van der Waals surface area contributed by atoms with Crippen molar-refractivity contribution in [3.05, 3.63) is 57.6 Å². The number of nitrogens with one attached hydrogen (secondary N) is 1. The van der Waals surface area contributed by atoms with Crippen molar-refractivity contribution >= 4 is 27.5 Å². The Morgan fingerprint density at radius 1 is 1.19 bits per heavy atom. The first kappa shape index (κ1) is 15.4. The maximum atomic E-state index is 13.7. The van der Waals surface area contributed by atoms with Crippen molar-refractivity contribution in [2.45, 2.75) is 6.92 Å². The Morgan fingerprint density at radius 2 is 1.81 bits per heavy atom. The Morgan fingerprint density at radius 3 is 2.33 bits per heavy atom. The molecule has 0 aromatic heterocycles. The monoisotopic (exact) mass is 355 g/mol. The van der Waals surface area contributed by atoms with Gasteiger partial charge in [-0.1, -0.05) is 15.9 Å². The SMILES string of the molecule is COc1ccc(NC(=O)c2c(F)cc(Br)cc2F)c(C)c1. The van der Waals surface area contributed by atoms with Crippen LogP contribution in [0.15, 0.2) is 34.8 Å². The van der Waals surface area contributed by atoms with Crippen molar-refractivity contribution in [2.24, 2.45) is 0 Å². The van der Waals surface area contributed by atoms with Crippen LogP contribution in [-0.2, 0) is 0 Å². The number of benzene rings is 2. The molecule has 2 rings (SSSR count). The van der Waals surface area contributed by atoms with Crippen molar-refractivity contribution in [3.63, 3.8) is 0 Å². The topological polar surface area (TPSA) is 38.3 Å². The summed E-state index contributed by atoms with van der Waals surface area (Å²) < 4.78 is 32.8. The molecule has 0 fully saturated rings. The molecule has 0 radical (unpaired) electrons. The van der Waals surface area contributed by atoms with E-state index in [4.69, 9.17) is 4.74 Å². The number of ether oxygens (including phenoxy) is 1. The van der Waals surface area contributed by atoms with Gasteiger partial charge < -0.3 is 10.1 Å². The van der Waals surface area contributed by atoms with E-state index in [2.05, 4.69) is 21.2 Å². The van der Waals surface area contributed by atoms with Gasteiger partial charge in [0.15, 0.2) is 0 Å². The Hall–Kier alpha value is -1.95. The fourth-order valence-electron chi connectivity index (χ4n) is 1.85. The number of amides is 1. The Balaban J connectivity index is 2.30. The lowest BCUT2D eigenvalue weighted by atomic mass is 10.1. The van der Waals surface area contributed by atoms with E-state index in [0.29, 0.717) is 11.4 Å². The summed E-state index contributed by atoms with van der Waals surface area (Å²) >= 11 is 2.96. The Labute approximate surface area is 129 Å². The van der Waals surface area contributed by atoms with E-state index in [-0.39, 0.29) is 4.47 Å². The van der Waals surface area contributed by atoms with Gasteiger partial charge in [0.2, 0.25) is 0 Å². The highest BCUT2D eigenvalue weighted by Crippen LogP contribution is 2.24. The number of carbonyl (C=O) groups excluding carboxylic acids is 1. The van der Waals surface area contributed by atoms with Gasteiger partial charge in [0.05, 0.1) is 7.11 Å². The molecular weight excluding hydrogens is 344 g/mol. The van der Waals surface area contributed by atoms with Gasteiger partial charge in [0.1, 0.15) is 22.9 Å². The number of hydrogen-bond acceptors (Lipinski definition) is 2. The van der Waals surface area contributed by atoms with Gasteiger partial charge in [-0.05, 0) is 42.8 Å². The average Bonchev–Trinajstić information content (AvgIpc) is 2.39. The Kier molecular flexibility index (Phi) is 4.57. The van der Waals surface area contributed by atoms with Crippen LogP contribution in [0.5, 0.6) is 5.75 Å². The predicted octanol–water partition coefficient (Wildman–Crippen LogP) is 4.30. The standard InChI is InChI=1S/C15H12BrF2NO2/c1-8-5-10(21-2)3-4-13(8)19-15(20)14-11(17)6-9(16)7-12(14)18/h3-7H,1-2H3,(H,19,20). The van der Waals surface area contributed by atoms with Crippen LogP contribution in [0.1, 0.15) is 15.9 Å². The number of halogens is 3. The summed E-state index contributed by atoms with van der Waals surface area (Å²) in [6, 6.07) is 7.05. The van der Waals surface area contributed by atoms with E-state index in [9.17, 15) is 13.6 Å². The van der Waals surface area contributed by atoms with Crippen LogP contribution in [0.4, 0.5) is 14.5 Å². The van der Waals surface area contributed by atoms with Crippen molar-refractivity contribution in [1.29, 1.82) is 0 Å². The molecule has 0 aliphatic rings. The zero-order chi connectivity index (χ0) is 15.6. The minimum absolute atomic E-state index is 0.231. The number of carbonyl (C=O) groups is 1. The van der Waals surface area contributed by atoms with E-state index < -0.39 is 23.1 Å². The van der Waals surface area contributed by atoms with Gasteiger partial charge in [-0.15, -0.1) is 0 Å². The van der Waals surface area contributed by atoms with E-state index in [1.165, 1.54) is 7.11 Å². The number of rotatable bonds is 3. The molecule has 0 atom stereocenters. The lowest BCUT2D eigenvalue weighted by molar-refractivity contribution is 0.101. The molecule has 1 amide bonds. The van der Waals surface area contributed by atoms with Crippen molar-refractivity contribution in [3.8, 4) is 5.75 Å². The van der Waals surface area contributed by atoms with Crippen LogP contribution >= 0.6 is 15.9 Å². The van der Waals surface area contributed by atoms with Gasteiger partial charge in [0.25, 0.3) is 5.91 Å². The summed E-state index contributed by atoms with van der Waals surface area (Å²) in [4.78, 5) is 12.0. The fourth-order valence-corrected chi connectivity index (χ4v) is 2.25. The van der Waals surface area contributed by atoms with Crippen LogP contribution in [0.3, 0.4) is 0 Å². The molecule has 0 saturated carbocycles. The van der Waals surface area contributed by atoms with Gasteiger partial charge in [-0.3, -0.25) is 4.79 Å². The molecule has 0 heterocycles. The zero-order valence-corrected chi connectivity index (χ0v) is 12.9. The van der Waals surface area contributed by atoms with Crippen LogP contribution in [-0.4, -0.2) is 13.0 Å². The molecule has 0 aliphatic heterocycles. The normalized spacial score (nSPS) is 10.3. The fraction of sp³-hybridized carbons (Fsp3) is 0.133. The average molecular weight is 356 g/mol. The number of methoxy groups -OCH3 is 1. The number of hydrogen-bond donors (Lipinski definition) is 1. The van der Waals surface area contributed by atoms with Crippen molar-refractivity contribution < 1.29 is 18.3 Å². The predicted molar refractivity (Wildman–Crippen MR) is 79.7 cm³/mol. The lowest BCUT2D eigenvalue weighted by Crippen LogP contribution is -2.16. The van der Waals surface area contributed by atoms with E-state index in [1.54, 1.807) is 25.1 Å². The van der Waals surface area contributed by atoms with Gasteiger partial charge in [-0.25, -0.2) is 8.78 Å². The van der Waals surface area contributed by atoms with E-state index in [0.717, 1.165) is 17.7 Å². The van der Waals surface area contributed by atoms with Crippen LogP contribution < -0.4 is 10.1 Å². The van der Waals surface area contributed by atoms with Gasteiger partial charge in [-0.2, -0.15) is 0 Å². The summed E-state index contributed by atoms with van der Waals surface area (Å²) in [5, 5.41) is 2.49. The molecule has 3 nitrogen and oxygen atoms in total. The van der Waals surface area contributed by atoms with Crippen molar-refractivity contribution in [1.82, 2.24) is 0 Å². The molecular formula is C15H12BrF2NO2. The molecule has 0 unspecified atom stereocenters. The molecule has 1 N–H and O–H groups in total. The second-order valence-corrected chi connectivity index (χ2v) is 5.30. The van der Waals surface area contributed by atoms with Crippen LogP contribution in [0.25, 0.3) is 0 Å². The smallest absolute Gasteiger partial charge is 0.261 e. The summed E-state index contributed by atoms with van der Waals surface area (Å²) in [5.74, 6) is -2.06. The highest BCUT2D eigenvalue weighted by molar-refractivity contribution is 9.10. The first-order chi connectivity index (χ1) is 9.92. The second-order valence-electron chi connectivity index (χ2n) is 4.38. The van der Waals surface area contributed by atoms with Crippen molar-refractivity contribution in [2.75, 3.05) is 12.4 Å². The molecule has 0 spiro atoms. The third-order valence-corrected chi connectivity index (χ3v) is 3.37. The zero-order valence-electron chi connectivity index (χ0n) is 11.3. The molecule has 2 aromatic carbocycles. The maximum Gasteiger partial charge on any atom is 0.261 e. The van der Waals surface area contributed by atoms with Crippen LogP contribution in [0.2, 0.25) is 0 Å².